The van der Waals surface area contributed by atoms with Crippen LogP contribution in [-0.4, -0.2) is 3.26 Å². The number of rotatable bonds is 4. The third-order valence-corrected chi connectivity index (χ3v) is 38.0. The van der Waals surface area contributed by atoms with Gasteiger partial charge < -0.3 is 0 Å². The monoisotopic (exact) mass is 688 g/mol. The molecule has 0 saturated heterocycles. The minimum atomic E-state index is -3.87. The minimum absolute atomic E-state index is 0.536. The predicted octanol–water partition coefficient (Wildman–Crippen LogP) is 11.0. The van der Waals surface area contributed by atoms with Crippen molar-refractivity contribution in [3.63, 3.8) is 0 Å². The molecular formula is C39H40Hf. The Labute approximate surface area is 241 Å². The van der Waals surface area contributed by atoms with E-state index >= 15 is 0 Å². The third kappa shape index (κ3) is 3.92. The first-order chi connectivity index (χ1) is 19.3. The fourth-order valence-electron chi connectivity index (χ4n) is 8.42. The van der Waals surface area contributed by atoms with Gasteiger partial charge in [0.1, 0.15) is 0 Å². The number of benzene rings is 4. The van der Waals surface area contributed by atoms with E-state index in [0.717, 1.165) is 0 Å². The molecule has 0 bridgehead atoms. The van der Waals surface area contributed by atoms with Crippen LogP contribution in [0.3, 0.4) is 0 Å². The van der Waals surface area contributed by atoms with Crippen LogP contribution in [0.5, 0.6) is 0 Å². The zero-order chi connectivity index (χ0) is 27.5. The molecule has 0 N–H and O–H groups in total. The molecular weight excluding hydrogens is 647 g/mol. The van der Waals surface area contributed by atoms with Gasteiger partial charge in [-0.3, -0.25) is 0 Å². The van der Waals surface area contributed by atoms with Crippen LogP contribution >= 0.6 is 0 Å². The number of aryl methyl sites for hydroxylation is 2. The number of allylic oxidation sites excluding steroid dienone is 2. The Morgan fingerprint density at radius 3 is 1.40 bits per heavy atom. The zero-order valence-electron chi connectivity index (χ0n) is 24.4. The van der Waals surface area contributed by atoms with E-state index in [1.165, 1.54) is 70.2 Å². The van der Waals surface area contributed by atoms with Crippen LogP contribution in [0.1, 0.15) is 66.4 Å². The molecule has 2 unspecified atom stereocenters. The van der Waals surface area contributed by atoms with Gasteiger partial charge in [0.25, 0.3) is 0 Å². The summed E-state index contributed by atoms with van der Waals surface area (Å²) in [6.07, 6.45) is 15.6. The van der Waals surface area contributed by atoms with Gasteiger partial charge in [0, 0.05) is 0 Å². The SMILES string of the molecule is Cc1ccc(-c2cccc3c2C=C[CH]3[Hf]([CH3])([CH3])(=[C]2CCCC2)[CH]2C=Cc3c(-c4ccc(C)cc4)cccc32)cc1. The molecule has 1 saturated carbocycles. The molecule has 0 aliphatic heterocycles. The zero-order valence-corrected chi connectivity index (χ0v) is 28.0. The van der Waals surface area contributed by atoms with Crippen molar-refractivity contribution in [3.05, 3.63) is 130 Å². The molecule has 4 aromatic carbocycles. The van der Waals surface area contributed by atoms with Crippen molar-refractivity contribution in [1.82, 2.24) is 0 Å². The standard InChI is InChI=1S/2C16H13.C5H8.2CH3.Hf/c2*1-12-8-10-14(11-9-12)16-7-3-5-13-4-2-6-15(13)16;1-2-4-5-3-1;;;/h2*2-11H,1H3;1-4H2;2*1H3;. The average molecular weight is 687 g/mol. The van der Waals surface area contributed by atoms with Gasteiger partial charge in [-0.25, -0.2) is 0 Å². The summed E-state index contributed by atoms with van der Waals surface area (Å²) >= 11 is -3.87. The molecule has 3 aliphatic rings. The van der Waals surface area contributed by atoms with E-state index in [2.05, 4.69) is 132 Å². The molecule has 0 heterocycles. The number of hydrogen-bond acceptors (Lipinski definition) is 0. The summed E-state index contributed by atoms with van der Waals surface area (Å²) in [6, 6.07) is 32.4. The quantitative estimate of drug-likeness (QED) is 0.187. The molecule has 0 radical (unpaired) electrons. The molecule has 0 spiro atoms. The molecule has 0 aromatic heterocycles. The first-order valence-corrected chi connectivity index (χ1v) is 28.3. The summed E-state index contributed by atoms with van der Waals surface area (Å²) in [5.74, 6) is 0. The van der Waals surface area contributed by atoms with Crippen molar-refractivity contribution in [3.8, 4) is 22.3 Å². The Bertz CT molecular complexity index is 1630. The second kappa shape index (κ2) is 9.59. The van der Waals surface area contributed by atoms with Crippen molar-refractivity contribution in [2.24, 2.45) is 0 Å². The van der Waals surface area contributed by atoms with Crippen LogP contribution in [0.4, 0.5) is 0 Å². The van der Waals surface area contributed by atoms with Crippen LogP contribution in [0.15, 0.2) is 97.1 Å². The van der Waals surface area contributed by atoms with E-state index < -0.39 is 18.0 Å². The molecule has 0 amide bonds. The van der Waals surface area contributed by atoms with Crippen molar-refractivity contribution in [2.75, 3.05) is 0 Å². The molecule has 200 valence electrons. The number of hydrogen-bond donors (Lipinski definition) is 0. The van der Waals surface area contributed by atoms with Gasteiger partial charge in [0.15, 0.2) is 0 Å². The topological polar surface area (TPSA) is 0 Å². The van der Waals surface area contributed by atoms with Gasteiger partial charge in [-0.15, -0.1) is 0 Å². The normalized spacial score (nSPS) is 19.8. The van der Waals surface area contributed by atoms with Crippen molar-refractivity contribution in [2.45, 2.75) is 56.2 Å². The third-order valence-electron chi connectivity index (χ3n) is 10.8. The first kappa shape index (κ1) is 26.0. The Morgan fingerprint density at radius 2 is 0.975 bits per heavy atom. The molecule has 2 atom stereocenters. The van der Waals surface area contributed by atoms with E-state index in [-0.39, 0.29) is 0 Å². The molecule has 1 heteroatoms. The van der Waals surface area contributed by atoms with Crippen LogP contribution in [-0.2, 0) is 18.0 Å². The van der Waals surface area contributed by atoms with E-state index in [4.69, 9.17) is 0 Å². The van der Waals surface area contributed by atoms with Gasteiger partial charge in [-0.2, -0.15) is 0 Å². The van der Waals surface area contributed by atoms with Gasteiger partial charge in [-0.05, 0) is 0 Å². The maximum absolute atomic E-state index is 3.87. The second-order valence-electron chi connectivity index (χ2n) is 13.4. The van der Waals surface area contributed by atoms with Crippen molar-refractivity contribution < 1.29 is 18.0 Å². The summed E-state index contributed by atoms with van der Waals surface area (Å²) in [7, 11) is 0. The summed E-state index contributed by atoms with van der Waals surface area (Å²) < 4.78 is 8.68. The summed E-state index contributed by atoms with van der Waals surface area (Å²) in [5, 5.41) is 0. The maximum atomic E-state index is 2.82. The summed E-state index contributed by atoms with van der Waals surface area (Å²) in [5.41, 5.74) is 14.1. The fourth-order valence-corrected chi connectivity index (χ4v) is 33.5. The second-order valence-corrected chi connectivity index (χ2v) is 39.2. The molecule has 0 nitrogen and oxygen atoms in total. The van der Waals surface area contributed by atoms with Crippen LogP contribution in [0.2, 0.25) is 9.36 Å². The van der Waals surface area contributed by atoms with Crippen molar-refractivity contribution >= 4 is 15.4 Å². The van der Waals surface area contributed by atoms with Crippen LogP contribution in [0, 0.1) is 13.8 Å². The van der Waals surface area contributed by atoms with Gasteiger partial charge >= 0.3 is 242 Å². The molecule has 1 fully saturated rings. The van der Waals surface area contributed by atoms with E-state index in [0.29, 0.717) is 7.35 Å². The van der Waals surface area contributed by atoms with Crippen LogP contribution < -0.4 is 0 Å². The molecule has 7 rings (SSSR count). The van der Waals surface area contributed by atoms with E-state index in [9.17, 15) is 0 Å². The predicted molar refractivity (Wildman–Crippen MR) is 172 cm³/mol. The Hall–Kier alpha value is -2.90. The van der Waals surface area contributed by atoms with Crippen molar-refractivity contribution in [1.29, 1.82) is 0 Å². The number of fused-ring (bicyclic) bond motifs is 2. The summed E-state index contributed by atoms with van der Waals surface area (Å²) in [4.78, 5) is 0. The van der Waals surface area contributed by atoms with Gasteiger partial charge in [0.2, 0.25) is 0 Å². The fraction of sp³-hybridized carbons (Fsp3) is 0.256. The Balaban J connectivity index is 1.41. The van der Waals surface area contributed by atoms with E-state index in [1.54, 1.807) is 11.1 Å². The van der Waals surface area contributed by atoms with Gasteiger partial charge in [-0.1, -0.05) is 0 Å². The molecule has 40 heavy (non-hydrogen) atoms. The molecule has 4 aromatic rings. The van der Waals surface area contributed by atoms with Gasteiger partial charge in [0.05, 0.1) is 0 Å². The Morgan fingerprint density at radius 1 is 0.550 bits per heavy atom. The average Bonchev–Trinajstić information content (AvgIpc) is 3.74. The summed E-state index contributed by atoms with van der Waals surface area (Å²) in [6.45, 7) is 4.35. The van der Waals surface area contributed by atoms with Crippen LogP contribution in [0.25, 0.3) is 34.4 Å². The van der Waals surface area contributed by atoms with E-state index in [1.807, 2.05) is 3.26 Å². The Kier molecular flexibility index (Phi) is 6.24. The first-order valence-electron chi connectivity index (χ1n) is 15.2. The molecule has 3 aliphatic carbocycles.